The summed E-state index contributed by atoms with van der Waals surface area (Å²) in [5.74, 6) is 1.34. The number of piperidine rings is 1. The summed E-state index contributed by atoms with van der Waals surface area (Å²) in [4.78, 5) is 16.9. The van der Waals surface area contributed by atoms with Crippen LogP contribution in [0.15, 0.2) is 24.3 Å². The molecule has 2 aliphatic heterocycles. The molecule has 5 nitrogen and oxygen atoms in total. The van der Waals surface area contributed by atoms with Crippen molar-refractivity contribution in [3.8, 4) is 5.75 Å². The molecule has 3 fully saturated rings. The lowest BCUT2D eigenvalue weighted by molar-refractivity contribution is -0.155. The highest BCUT2D eigenvalue weighted by Gasteiger charge is 2.34. The normalized spacial score (nSPS) is 25.5. The van der Waals surface area contributed by atoms with Crippen LogP contribution in [-0.4, -0.2) is 67.2 Å². The van der Waals surface area contributed by atoms with Gasteiger partial charge in [0.2, 0.25) is 5.91 Å². The lowest BCUT2D eigenvalue weighted by Gasteiger charge is -2.42. The maximum absolute atomic E-state index is 13.0. The van der Waals surface area contributed by atoms with Gasteiger partial charge in [0.25, 0.3) is 0 Å². The van der Waals surface area contributed by atoms with Gasteiger partial charge in [0.15, 0.2) is 0 Å². The van der Waals surface area contributed by atoms with Crippen LogP contribution in [0.25, 0.3) is 0 Å². The van der Waals surface area contributed by atoms with Crippen LogP contribution in [-0.2, 0) is 9.53 Å². The minimum atomic E-state index is -0.281. The van der Waals surface area contributed by atoms with Crippen LogP contribution in [0, 0.1) is 11.7 Å². The van der Waals surface area contributed by atoms with E-state index in [9.17, 15) is 9.18 Å². The monoisotopic (exact) mass is 362 g/mol. The highest BCUT2D eigenvalue weighted by atomic mass is 19.1. The summed E-state index contributed by atoms with van der Waals surface area (Å²) in [6.45, 7) is 4.48. The van der Waals surface area contributed by atoms with Crippen LogP contribution in [0.2, 0.25) is 0 Å². The summed E-state index contributed by atoms with van der Waals surface area (Å²) in [7, 11) is 0. The van der Waals surface area contributed by atoms with E-state index in [0.29, 0.717) is 24.9 Å². The number of hydrogen-bond acceptors (Lipinski definition) is 4. The van der Waals surface area contributed by atoms with E-state index in [2.05, 4.69) is 4.90 Å². The smallest absolute Gasteiger partial charge is 0.248 e. The van der Waals surface area contributed by atoms with E-state index in [1.54, 1.807) is 12.1 Å². The third-order valence-electron chi connectivity index (χ3n) is 5.62. The molecule has 0 N–H and O–H groups in total. The van der Waals surface area contributed by atoms with E-state index in [4.69, 9.17) is 9.47 Å². The van der Waals surface area contributed by atoms with E-state index in [1.807, 2.05) is 4.90 Å². The fraction of sp³-hybridized carbons (Fsp3) is 0.650. The van der Waals surface area contributed by atoms with Gasteiger partial charge in [0, 0.05) is 25.7 Å². The number of ether oxygens (including phenoxy) is 2. The molecule has 1 aromatic carbocycles. The number of carbonyl (C=O) groups is 1. The van der Waals surface area contributed by atoms with Gasteiger partial charge in [-0.3, -0.25) is 4.79 Å². The first-order chi connectivity index (χ1) is 12.7. The molecule has 0 aromatic heterocycles. The Balaban J connectivity index is 1.26. The number of likely N-dealkylation sites (tertiary alicyclic amines) is 1. The highest BCUT2D eigenvalue weighted by Crippen LogP contribution is 2.31. The average Bonchev–Trinajstić information content (AvgIpc) is 3.47. The highest BCUT2D eigenvalue weighted by molar-refractivity contribution is 5.78. The summed E-state index contributed by atoms with van der Waals surface area (Å²) in [6.07, 6.45) is 4.73. The van der Waals surface area contributed by atoms with Gasteiger partial charge in [-0.25, -0.2) is 4.39 Å². The van der Waals surface area contributed by atoms with Crippen molar-refractivity contribution in [2.24, 2.45) is 5.92 Å². The summed E-state index contributed by atoms with van der Waals surface area (Å²) in [6, 6.07) is 6.29. The Labute approximate surface area is 154 Å². The van der Waals surface area contributed by atoms with Gasteiger partial charge in [-0.15, -0.1) is 0 Å². The van der Waals surface area contributed by atoms with Crippen LogP contribution in [0.4, 0.5) is 4.39 Å². The molecular weight excluding hydrogens is 335 g/mol. The van der Waals surface area contributed by atoms with Crippen molar-refractivity contribution < 1.29 is 18.7 Å². The van der Waals surface area contributed by atoms with Gasteiger partial charge < -0.3 is 19.3 Å². The Morgan fingerprint density at radius 3 is 2.54 bits per heavy atom. The lowest BCUT2D eigenvalue weighted by Crippen LogP contribution is -2.55. The van der Waals surface area contributed by atoms with Crippen molar-refractivity contribution in [3.05, 3.63) is 30.1 Å². The molecule has 0 radical (unpaired) electrons. The molecule has 142 valence electrons. The first-order valence-corrected chi connectivity index (χ1v) is 9.69. The molecule has 6 heteroatoms. The van der Waals surface area contributed by atoms with Crippen molar-refractivity contribution in [1.29, 1.82) is 0 Å². The SMILES string of the molecule is O=C1CO[C@H](COc2ccc(F)cc2)CN1C1CCN(CC2CC2)CC1. The van der Waals surface area contributed by atoms with E-state index < -0.39 is 0 Å². The van der Waals surface area contributed by atoms with Gasteiger partial charge >= 0.3 is 0 Å². The Morgan fingerprint density at radius 1 is 1.12 bits per heavy atom. The summed E-state index contributed by atoms with van der Waals surface area (Å²) in [5, 5.41) is 0. The number of rotatable bonds is 6. The number of halogens is 1. The minimum absolute atomic E-state index is 0.0867. The Hall–Kier alpha value is -1.66. The molecule has 1 aromatic rings. The van der Waals surface area contributed by atoms with Crippen molar-refractivity contribution in [2.45, 2.75) is 37.8 Å². The number of hydrogen-bond donors (Lipinski definition) is 0. The number of carbonyl (C=O) groups excluding carboxylic acids is 1. The van der Waals surface area contributed by atoms with Gasteiger partial charge in [-0.1, -0.05) is 0 Å². The van der Waals surface area contributed by atoms with Crippen molar-refractivity contribution in [2.75, 3.05) is 39.4 Å². The van der Waals surface area contributed by atoms with E-state index in [-0.39, 0.29) is 24.4 Å². The molecule has 1 aliphatic carbocycles. The molecular formula is C20H27FN2O3. The van der Waals surface area contributed by atoms with E-state index >= 15 is 0 Å². The molecule has 0 spiro atoms. The molecule has 2 saturated heterocycles. The molecule has 3 aliphatic rings. The predicted octanol–water partition coefficient (Wildman–Crippen LogP) is 2.31. The molecule has 1 amide bonds. The zero-order valence-corrected chi connectivity index (χ0v) is 15.1. The molecule has 1 saturated carbocycles. The zero-order valence-electron chi connectivity index (χ0n) is 15.1. The topological polar surface area (TPSA) is 42.0 Å². The Morgan fingerprint density at radius 2 is 1.85 bits per heavy atom. The third kappa shape index (κ3) is 4.54. The predicted molar refractivity (Wildman–Crippen MR) is 95.5 cm³/mol. The molecule has 1 atom stereocenters. The number of amides is 1. The fourth-order valence-electron chi connectivity index (χ4n) is 3.90. The first-order valence-electron chi connectivity index (χ1n) is 9.69. The van der Waals surface area contributed by atoms with Crippen molar-refractivity contribution in [1.82, 2.24) is 9.80 Å². The van der Waals surface area contributed by atoms with Gasteiger partial charge in [-0.2, -0.15) is 0 Å². The minimum Gasteiger partial charge on any atom is -0.491 e. The van der Waals surface area contributed by atoms with Crippen molar-refractivity contribution >= 4 is 5.91 Å². The summed E-state index contributed by atoms with van der Waals surface area (Å²) >= 11 is 0. The number of morpholine rings is 1. The lowest BCUT2D eigenvalue weighted by atomic mass is 10.0. The Bertz CT molecular complexity index is 612. The number of benzene rings is 1. The van der Waals surface area contributed by atoms with E-state index in [0.717, 1.165) is 31.8 Å². The maximum Gasteiger partial charge on any atom is 0.248 e. The van der Waals surface area contributed by atoms with Crippen LogP contribution in [0.1, 0.15) is 25.7 Å². The second kappa shape index (κ2) is 7.92. The first kappa shape index (κ1) is 17.7. The zero-order chi connectivity index (χ0) is 17.9. The van der Waals surface area contributed by atoms with Crippen molar-refractivity contribution in [3.63, 3.8) is 0 Å². The molecule has 0 unspecified atom stereocenters. The van der Waals surface area contributed by atoms with Crippen LogP contribution < -0.4 is 4.74 Å². The second-order valence-corrected chi connectivity index (χ2v) is 7.72. The van der Waals surface area contributed by atoms with Gasteiger partial charge in [-0.05, 0) is 55.9 Å². The third-order valence-corrected chi connectivity index (χ3v) is 5.62. The molecule has 26 heavy (non-hydrogen) atoms. The second-order valence-electron chi connectivity index (χ2n) is 7.72. The van der Waals surface area contributed by atoms with Crippen LogP contribution in [0.3, 0.4) is 0 Å². The average molecular weight is 362 g/mol. The molecule has 0 bridgehead atoms. The largest absolute Gasteiger partial charge is 0.491 e. The number of nitrogens with zero attached hydrogens (tertiary/aromatic N) is 2. The van der Waals surface area contributed by atoms with E-state index in [1.165, 1.54) is 31.5 Å². The summed E-state index contributed by atoms with van der Waals surface area (Å²) < 4.78 is 24.3. The molecule has 4 rings (SSSR count). The van der Waals surface area contributed by atoms with Crippen LogP contribution >= 0.6 is 0 Å². The van der Waals surface area contributed by atoms with Crippen LogP contribution in [0.5, 0.6) is 5.75 Å². The fourth-order valence-corrected chi connectivity index (χ4v) is 3.90. The maximum atomic E-state index is 13.0. The Kier molecular flexibility index (Phi) is 5.41. The quantitative estimate of drug-likeness (QED) is 0.779. The standard InChI is InChI=1S/C20H27FN2O3/c21-16-3-5-18(6-4-16)25-13-19-12-23(20(24)14-26-19)17-7-9-22(10-8-17)11-15-1-2-15/h3-6,15,17,19H,1-2,7-14H2/t19-/m0/s1. The van der Waals surface area contributed by atoms with Gasteiger partial charge in [0.05, 0.1) is 6.54 Å². The molecule has 2 heterocycles. The summed E-state index contributed by atoms with van der Waals surface area (Å²) in [5.41, 5.74) is 0. The van der Waals surface area contributed by atoms with Gasteiger partial charge in [0.1, 0.15) is 30.9 Å².